The van der Waals surface area contributed by atoms with Gasteiger partial charge in [0.2, 0.25) is 29.5 Å². The maximum absolute atomic E-state index is 13.5. The van der Waals surface area contributed by atoms with Gasteiger partial charge in [-0.05, 0) is 43.9 Å². The van der Waals surface area contributed by atoms with Crippen molar-refractivity contribution in [3.05, 3.63) is 0 Å². The van der Waals surface area contributed by atoms with Crippen LogP contribution in [0.1, 0.15) is 72.6 Å². The van der Waals surface area contributed by atoms with Crippen molar-refractivity contribution in [2.24, 2.45) is 23.3 Å². The molecule has 5 atom stereocenters. The van der Waals surface area contributed by atoms with Gasteiger partial charge in [0, 0.05) is 19.4 Å². The zero-order valence-corrected chi connectivity index (χ0v) is 24.1. The number of primary amides is 1. The van der Waals surface area contributed by atoms with Crippen molar-refractivity contribution in [3.8, 4) is 0 Å². The van der Waals surface area contributed by atoms with Crippen molar-refractivity contribution in [3.63, 3.8) is 0 Å². The van der Waals surface area contributed by atoms with Crippen molar-refractivity contribution >= 4 is 41.5 Å². The van der Waals surface area contributed by atoms with E-state index < -0.39 is 84.0 Å². The minimum Gasteiger partial charge on any atom is -0.481 e. The second kappa shape index (κ2) is 16.5. The molecule has 15 nitrogen and oxygen atoms in total. The van der Waals surface area contributed by atoms with E-state index in [0.717, 1.165) is 0 Å². The van der Waals surface area contributed by atoms with Gasteiger partial charge in [-0.2, -0.15) is 0 Å². The SMILES string of the molecule is CC(C)C[C@H](NC(=O)[C@@H](NC(=O)[C@@H]1CCCN1C(=O)[C@H](CCC(=O)O)NC(=O)[C@@H](N)CCC(N)=O)C(C)C)C(=O)O. The molecule has 0 aromatic carbocycles. The van der Waals surface area contributed by atoms with E-state index in [4.69, 9.17) is 16.6 Å². The predicted octanol–water partition coefficient (Wildman–Crippen LogP) is -1.32. The quantitative estimate of drug-likeness (QED) is 0.106. The van der Waals surface area contributed by atoms with E-state index in [1.54, 1.807) is 13.8 Å². The van der Waals surface area contributed by atoms with Gasteiger partial charge in [-0.15, -0.1) is 0 Å². The van der Waals surface area contributed by atoms with Gasteiger partial charge in [0.25, 0.3) is 0 Å². The number of nitrogens with zero attached hydrogens (tertiary/aromatic N) is 1. The second-order valence-electron chi connectivity index (χ2n) is 11.1. The minimum absolute atomic E-state index is 0.00572. The maximum Gasteiger partial charge on any atom is 0.326 e. The molecule has 15 heteroatoms. The first-order valence-corrected chi connectivity index (χ1v) is 13.7. The number of amides is 5. The standard InChI is InChI=1S/C26H44N6O9/c1-13(2)12-17(26(40)41)30-24(38)21(14(3)4)31-23(37)18-6-5-11-32(18)25(39)16(8-10-20(34)35)29-22(36)15(27)7-9-19(28)33/h13-18,21H,5-12,27H2,1-4H3,(H2,28,33)(H,29,36)(H,30,38)(H,31,37)(H,34,35)(H,40,41)/t15-,16-,17-,18-,21-/m0/s1. The number of hydrogen-bond acceptors (Lipinski definition) is 8. The first-order valence-electron chi connectivity index (χ1n) is 13.7. The molecule has 1 fully saturated rings. The lowest BCUT2D eigenvalue weighted by Crippen LogP contribution is -2.59. The monoisotopic (exact) mass is 584 g/mol. The summed E-state index contributed by atoms with van der Waals surface area (Å²) in [5.41, 5.74) is 10.9. The number of rotatable bonds is 17. The van der Waals surface area contributed by atoms with Crippen LogP contribution in [0, 0.1) is 11.8 Å². The normalized spacial score (nSPS) is 17.8. The Balaban J connectivity index is 3.05. The van der Waals surface area contributed by atoms with Gasteiger partial charge in [0.1, 0.15) is 24.2 Å². The Morgan fingerprint density at radius 2 is 1.49 bits per heavy atom. The third-order valence-electron chi connectivity index (χ3n) is 6.71. The summed E-state index contributed by atoms with van der Waals surface area (Å²) >= 11 is 0. The molecule has 1 rings (SSSR count). The van der Waals surface area contributed by atoms with E-state index in [-0.39, 0.29) is 44.6 Å². The van der Waals surface area contributed by atoms with Crippen LogP contribution in [0.3, 0.4) is 0 Å². The number of nitrogens with two attached hydrogens (primary N) is 2. The topological polar surface area (TPSA) is 251 Å². The van der Waals surface area contributed by atoms with E-state index in [9.17, 15) is 38.7 Å². The van der Waals surface area contributed by atoms with Crippen LogP contribution >= 0.6 is 0 Å². The first-order chi connectivity index (χ1) is 19.0. The third kappa shape index (κ3) is 11.7. The average Bonchev–Trinajstić information content (AvgIpc) is 3.36. The highest BCUT2D eigenvalue weighted by Crippen LogP contribution is 2.21. The third-order valence-corrected chi connectivity index (χ3v) is 6.71. The van der Waals surface area contributed by atoms with Crippen LogP contribution < -0.4 is 27.4 Å². The zero-order chi connectivity index (χ0) is 31.4. The van der Waals surface area contributed by atoms with Gasteiger partial charge < -0.3 is 42.5 Å². The molecule has 0 radical (unpaired) electrons. The summed E-state index contributed by atoms with van der Waals surface area (Å²) < 4.78 is 0. The van der Waals surface area contributed by atoms with Crippen LogP contribution in [-0.4, -0.2) is 93.3 Å². The average molecular weight is 585 g/mol. The first kappa shape index (κ1) is 35.3. The molecule has 0 aromatic heterocycles. The Bertz CT molecular complexity index is 986. The van der Waals surface area contributed by atoms with E-state index in [2.05, 4.69) is 16.0 Å². The van der Waals surface area contributed by atoms with Crippen molar-refractivity contribution in [1.29, 1.82) is 0 Å². The smallest absolute Gasteiger partial charge is 0.326 e. The molecule has 0 aromatic rings. The Kier molecular flexibility index (Phi) is 14.2. The maximum atomic E-state index is 13.5. The fourth-order valence-corrected chi connectivity index (χ4v) is 4.47. The Labute approximate surface area is 239 Å². The molecular formula is C26H44N6O9. The Morgan fingerprint density at radius 3 is 2.00 bits per heavy atom. The summed E-state index contributed by atoms with van der Waals surface area (Å²) in [4.78, 5) is 87.3. The molecule has 0 unspecified atom stereocenters. The second-order valence-corrected chi connectivity index (χ2v) is 11.1. The number of aliphatic carboxylic acids is 2. The highest BCUT2D eigenvalue weighted by Gasteiger charge is 2.40. The lowest BCUT2D eigenvalue weighted by Gasteiger charge is -2.31. The summed E-state index contributed by atoms with van der Waals surface area (Å²) in [7, 11) is 0. The summed E-state index contributed by atoms with van der Waals surface area (Å²) in [6.07, 6.45) is -0.0611. The molecule has 0 bridgehead atoms. The van der Waals surface area contributed by atoms with E-state index >= 15 is 0 Å². The van der Waals surface area contributed by atoms with Gasteiger partial charge in [-0.3, -0.25) is 28.8 Å². The number of likely N-dealkylation sites (tertiary alicyclic amines) is 1. The van der Waals surface area contributed by atoms with Gasteiger partial charge in [-0.1, -0.05) is 27.7 Å². The van der Waals surface area contributed by atoms with Crippen LogP contribution in [0.4, 0.5) is 0 Å². The lowest BCUT2D eigenvalue weighted by molar-refractivity contribution is -0.144. The van der Waals surface area contributed by atoms with Crippen molar-refractivity contribution in [1.82, 2.24) is 20.9 Å². The number of hydrogen-bond donors (Lipinski definition) is 7. The molecular weight excluding hydrogens is 540 g/mol. The number of carbonyl (C=O) groups is 7. The van der Waals surface area contributed by atoms with Gasteiger partial charge in [-0.25, -0.2) is 4.79 Å². The molecule has 1 aliphatic heterocycles. The molecule has 1 aliphatic rings. The Morgan fingerprint density at radius 1 is 0.878 bits per heavy atom. The number of nitrogens with one attached hydrogen (secondary N) is 3. The number of carboxylic acid groups (broad SMARTS) is 2. The van der Waals surface area contributed by atoms with Crippen LogP contribution in [-0.2, 0) is 33.6 Å². The summed E-state index contributed by atoms with van der Waals surface area (Å²) in [5, 5.41) is 26.2. The van der Waals surface area contributed by atoms with Crippen LogP contribution in [0.2, 0.25) is 0 Å². The largest absolute Gasteiger partial charge is 0.481 e. The number of carboxylic acids is 2. The summed E-state index contributed by atoms with van der Waals surface area (Å²) in [6.45, 7) is 7.14. The fourth-order valence-electron chi connectivity index (χ4n) is 4.47. The molecule has 0 aliphatic carbocycles. The van der Waals surface area contributed by atoms with E-state index in [1.807, 2.05) is 13.8 Å². The summed E-state index contributed by atoms with van der Waals surface area (Å²) in [6, 6.07) is -5.70. The molecule has 5 amide bonds. The van der Waals surface area contributed by atoms with Crippen molar-refractivity contribution in [2.75, 3.05) is 6.54 Å². The fraction of sp³-hybridized carbons (Fsp3) is 0.731. The van der Waals surface area contributed by atoms with Crippen LogP contribution in [0.25, 0.3) is 0 Å². The van der Waals surface area contributed by atoms with Gasteiger partial charge in [0.05, 0.1) is 6.04 Å². The Hall–Kier alpha value is -3.75. The highest BCUT2D eigenvalue weighted by atomic mass is 16.4. The molecule has 1 heterocycles. The van der Waals surface area contributed by atoms with Crippen molar-refractivity contribution < 1.29 is 43.8 Å². The van der Waals surface area contributed by atoms with Crippen LogP contribution in [0.5, 0.6) is 0 Å². The minimum atomic E-state index is -1.30. The van der Waals surface area contributed by atoms with Gasteiger partial charge >= 0.3 is 11.9 Å². The molecule has 1 saturated heterocycles. The number of carbonyl (C=O) groups excluding carboxylic acids is 5. The molecule has 232 valence electrons. The lowest BCUT2D eigenvalue weighted by atomic mass is 10.00. The highest BCUT2D eigenvalue weighted by molar-refractivity contribution is 5.96. The van der Waals surface area contributed by atoms with E-state index in [0.29, 0.717) is 6.42 Å². The molecule has 0 spiro atoms. The summed E-state index contributed by atoms with van der Waals surface area (Å²) in [5.74, 6) is -6.25. The molecule has 9 N–H and O–H groups in total. The molecule has 41 heavy (non-hydrogen) atoms. The zero-order valence-electron chi connectivity index (χ0n) is 24.1. The predicted molar refractivity (Wildman–Crippen MR) is 146 cm³/mol. The van der Waals surface area contributed by atoms with Crippen LogP contribution in [0.15, 0.2) is 0 Å². The van der Waals surface area contributed by atoms with Crippen molar-refractivity contribution in [2.45, 2.75) is 103 Å². The van der Waals surface area contributed by atoms with Gasteiger partial charge in [0.15, 0.2) is 0 Å². The van der Waals surface area contributed by atoms with E-state index in [1.165, 1.54) is 4.90 Å². The molecule has 0 saturated carbocycles.